The summed E-state index contributed by atoms with van der Waals surface area (Å²) in [5.74, 6) is 0.698. The quantitative estimate of drug-likeness (QED) is 0.826. The fraction of sp³-hybridized carbons (Fsp3) is 0.333. The number of hydrogen-bond donors (Lipinski definition) is 2. The van der Waals surface area contributed by atoms with E-state index in [0.29, 0.717) is 11.8 Å². The molecular formula is C18H22Cl2N2O. The number of nitrogens with zero attached hydrogens (tertiary/aromatic N) is 1. The van der Waals surface area contributed by atoms with Gasteiger partial charge in [-0.1, -0.05) is 42.5 Å². The molecule has 1 fully saturated rings. The van der Waals surface area contributed by atoms with Crippen LogP contribution in [0.2, 0.25) is 0 Å². The minimum Gasteiger partial charge on any atom is -0.508 e. The third-order valence-electron chi connectivity index (χ3n) is 4.80. The van der Waals surface area contributed by atoms with Crippen LogP contribution in [0.3, 0.4) is 0 Å². The molecule has 2 atom stereocenters. The zero-order chi connectivity index (χ0) is 14.2. The van der Waals surface area contributed by atoms with Gasteiger partial charge in [0.2, 0.25) is 0 Å². The molecule has 0 amide bonds. The van der Waals surface area contributed by atoms with Crippen LogP contribution < -0.4 is 5.32 Å². The zero-order valence-corrected chi connectivity index (χ0v) is 14.4. The molecule has 5 heteroatoms. The average molecular weight is 353 g/mol. The Kier molecular flexibility index (Phi) is 5.93. The molecule has 2 aromatic carbocycles. The van der Waals surface area contributed by atoms with Crippen LogP contribution in [-0.4, -0.2) is 36.2 Å². The molecular weight excluding hydrogens is 331 g/mol. The second-order valence-electron chi connectivity index (χ2n) is 5.96. The lowest BCUT2D eigenvalue weighted by Crippen LogP contribution is -2.50. The smallest absolute Gasteiger partial charge is 0.119 e. The standard InChI is InChI=1S/C18H20N2O.2ClH/c21-17-8-4-7-14-16-11-19-9-10-20(16)12-15(18(14)17)13-5-2-1-3-6-13;;/h1-8,15-16,19,21H,9-12H2;2*1H. The highest BCUT2D eigenvalue weighted by Gasteiger charge is 2.36. The highest BCUT2D eigenvalue weighted by molar-refractivity contribution is 5.85. The van der Waals surface area contributed by atoms with Crippen LogP contribution in [0.5, 0.6) is 5.75 Å². The molecule has 2 aliphatic rings. The first-order valence-corrected chi connectivity index (χ1v) is 7.66. The summed E-state index contributed by atoms with van der Waals surface area (Å²) in [5, 5.41) is 13.9. The van der Waals surface area contributed by atoms with Crippen molar-refractivity contribution in [3.63, 3.8) is 0 Å². The van der Waals surface area contributed by atoms with E-state index < -0.39 is 0 Å². The number of aromatic hydroxyl groups is 1. The average Bonchev–Trinajstić information content (AvgIpc) is 2.55. The Morgan fingerprint density at radius 1 is 1.00 bits per heavy atom. The van der Waals surface area contributed by atoms with Gasteiger partial charge in [0.05, 0.1) is 0 Å². The minimum absolute atomic E-state index is 0. The second-order valence-corrected chi connectivity index (χ2v) is 5.96. The highest BCUT2D eigenvalue weighted by atomic mass is 35.5. The fourth-order valence-corrected chi connectivity index (χ4v) is 3.80. The zero-order valence-electron chi connectivity index (χ0n) is 12.8. The van der Waals surface area contributed by atoms with Gasteiger partial charge in [-0.3, -0.25) is 4.90 Å². The fourth-order valence-electron chi connectivity index (χ4n) is 3.80. The predicted octanol–water partition coefficient (Wildman–Crippen LogP) is 3.33. The third-order valence-corrected chi connectivity index (χ3v) is 4.80. The van der Waals surface area contributed by atoms with Crippen LogP contribution >= 0.6 is 24.8 Å². The molecule has 2 N–H and O–H groups in total. The van der Waals surface area contributed by atoms with Crippen LogP contribution in [0.1, 0.15) is 28.7 Å². The number of phenolic OH excluding ortho intramolecular Hbond substituents is 1. The summed E-state index contributed by atoms with van der Waals surface area (Å²) in [5.41, 5.74) is 3.69. The number of halogens is 2. The van der Waals surface area contributed by atoms with Crippen LogP contribution in [0.15, 0.2) is 48.5 Å². The molecule has 2 heterocycles. The van der Waals surface area contributed by atoms with Gasteiger partial charge in [0, 0.05) is 43.7 Å². The van der Waals surface area contributed by atoms with Crippen molar-refractivity contribution in [2.24, 2.45) is 0 Å². The second kappa shape index (κ2) is 7.54. The van der Waals surface area contributed by atoms with Crippen molar-refractivity contribution in [2.45, 2.75) is 12.0 Å². The monoisotopic (exact) mass is 352 g/mol. The predicted molar refractivity (Wildman–Crippen MR) is 98.1 cm³/mol. The Bertz CT molecular complexity index is 651. The Morgan fingerprint density at radius 2 is 1.78 bits per heavy atom. The summed E-state index contributed by atoms with van der Waals surface area (Å²) in [7, 11) is 0. The summed E-state index contributed by atoms with van der Waals surface area (Å²) < 4.78 is 0. The first-order chi connectivity index (χ1) is 10.3. The largest absolute Gasteiger partial charge is 0.508 e. The van der Waals surface area contributed by atoms with E-state index in [-0.39, 0.29) is 30.7 Å². The maximum absolute atomic E-state index is 10.4. The van der Waals surface area contributed by atoms with E-state index in [4.69, 9.17) is 0 Å². The normalized spacial score (nSPS) is 23.0. The first kappa shape index (κ1) is 18.1. The lowest BCUT2D eigenvalue weighted by Gasteiger charge is -2.44. The maximum Gasteiger partial charge on any atom is 0.119 e. The molecule has 2 aromatic rings. The van der Waals surface area contributed by atoms with E-state index in [1.807, 2.05) is 18.2 Å². The summed E-state index contributed by atoms with van der Waals surface area (Å²) in [4.78, 5) is 2.55. The Labute approximate surface area is 149 Å². The molecule has 2 aliphatic heterocycles. The summed E-state index contributed by atoms with van der Waals surface area (Å²) in [6.07, 6.45) is 0. The Balaban J connectivity index is 0.000000960. The summed E-state index contributed by atoms with van der Waals surface area (Å²) in [6.45, 7) is 4.08. The van der Waals surface area contributed by atoms with Gasteiger partial charge in [-0.2, -0.15) is 0 Å². The van der Waals surface area contributed by atoms with Gasteiger partial charge in [-0.25, -0.2) is 0 Å². The Hall–Kier alpha value is -1.26. The van der Waals surface area contributed by atoms with E-state index in [2.05, 4.69) is 40.5 Å². The van der Waals surface area contributed by atoms with E-state index in [1.165, 1.54) is 11.1 Å². The SMILES string of the molecule is Cl.Cl.Oc1cccc2c1C(c1ccccc1)CN1CCNCC21. The van der Waals surface area contributed by atoms with E-state index in [0.717, 1.165) is 31.7 Å². The summed E-state index contributed by atoms with van der Waals surface area (Å²) >= 11 is 0. The molecule has 1 saturated heterocycles. The number of phenols is 1. The molecule has 0 aliphatic carbocycles. The topological polar surface area (TPSA) is 35.5 Å². The van der Waals surface area contributed by atoms with E-state index in [9.17, 15) is 5.11 Å². The van der Waals surface area contributed by atoms with Crippen molar-refractivity contribution in [3.8, 4) is 5.75 Å². The van der Waals surface area contributed by atoms with E-state index in [1.54, 1.807) is 0 Å². The molecule has 0 radical (unpaired) electrons. The number of rotatable bonds is 1. The van der Waals surface area contributed by atoms with Gasteiger partial charge in [-0.05, 0) is 17.2 Å². The molecule has 2 unspecified atom stereocenters. The number of benzene rings is 2. The molecule has 0 spiro atoms. The lowest BCUT2D eigenvalue weighted by molar-refractivity contribution is 0.142. The van der Waals surface area contributed by atoms with Crippen molar-refractivity contribution >= 4 is 24.8 Å². The molecule has 23 heavy (non-hydrogen) atoms. The van der Waals surface area contributed by atoms with Gasteiger partial charge in [0.25, 0.3) is 0 Å². The number of nitrogens with one attached hydrogen (secondary N) is 1. The molecule has 0 aromatic heterocycles. The van der Waals surface area contributed by atoms with Gasteiger partial charge in [0.15, 0.2) is 0 Å². The molecule has 124 valence electrons. The maximum atomic E-state index is 10.4. The van der Waals surface area contributed by atoms with Crippen molar-refractivity contribution < 1.29 is 5.11 Å². The van der Waals surface area contributed by atoms with Crippen LogP contribution in [-0.2, 0) is 0 Å². The van der Waals surface area contributed by atoms with Crippen molar-refractivity contribution in [1.29, 1.82) is 0 Å². The van der Waals surface area contributed by atoms with Gasteiger partial charge >= 0.3 is 0 Å². The van der Waals surface area contributed by atoms with Crippen LogP contribution in [0.25, 0.3) is 0 Å². The number of piperazine rings is 1. The van der Waals surface area contributed by atoms with Crippen molar-refractivity contribution in [1.82, 2.24) is 10.2 Å². The van der Waals surface area contributed by atoms with Crippen LogP contribution in [0, 0.1) is 0 Å². The van der Waals surface area contributed by atoms with E-state index >= 15 is 0 Å². The number of fused-ring (bicyclic) bond motifs is 3. The molecule has 0 bridgehead atoms. The van der Waals surface area contributed by atoms with Crippen molar-refractivity contribution in [2.75, 3.05) is 26.2 Å². The number of hydrogen-bond acceptors (Lipinski definition) is 3. The third kappa shape index (κ3) is 3.20. The minimum atomic E-state index is 0. The van der Waals surface area contributed by atoms with Crippen LogP contribution in [0.4, 0.5) is 0 Å². The Morgan fingerprint density at radius 3 is 2.57 bits per heavy atom. The van der Waals surface area contributed by atoms with Gasteiger partial charge in [0.1, 0.15) is 5.75 Å². The van der Waals surface area contributed by atoms with Crippen molar-refractivity contribution in [3.05, 3.63) is 65.2 Å². The molecule has 0 saturated carbocycles. The molecule has 3 nitrogen and oxygen atoms in total. The first-order valence-electron chi connectivity index (χ1n) is 7.66. The summed E-state index contributed by atoms with van der Waals surface area (Å²) in [6, 6.07) is 16.9. The van der Waals surface area contributed by atoms with Gasteiger partial charge < -0.3 is 10.4 Å². The lowest BCUT2D eigenvalue weighted by atomic mass is 9.80. The highest BCUT2D eigenvalue weighted by Crippen LogP contribution is 2.43. The molecule has 4 rings (SSSR count). The van der Waals surface area contributed by atoms with Gasteiger partial charge in [-0.15, -0.1) is 24.8 Å².